The lowest BCUT2D eigenvalue weighted by molar-refractivity contribution is -0.138. The quantitative estimate of drug-likeness (QED) is 0.767. The zero-order chi connectivity index (χ0) is 12.6. The van der Waals surface area contributed by atoms with Crippen LogP contribution >= 0.6 is 0 Å². The van der Waals surface area contributed by atoms with Crippen LogP contribution in [-0.2, 0) is 4.79 Å². The molecule has 0 aliphatic rings. The Hall–Kier alpha value is -1.61. The molecule has 3 nitrogen and oxygen atoms in total. The molecule has 0 radical (unpaired) electrons. The van der Waals surface area contributed by atoms with Gasteiger partial charge in [0.2, 0.25) is 0 Å². The SMILES string of the molecule is C=C[C@H](c1ccccc1)[C@H](N)C(=O)O.CC. The molecule has 0 aliphatic carbocycles. The van der Waals surface area contributed by atoms with Crippen molar-refractivity contribution in [1.29, 1.82) is 0 Å². The highest BCUT2D eigenvalue weighted by Gasteiger charge is 2.22. The van der Waals surface area contributed by atoms with E-state index in [2.05, 4.69) is 6.58 Å². The summed E-state index contributed by atoms with van der Waals surface area (Å²) < 4.78 is 0. The van der Waals surface area contributed by atoms with Crippen molar-refractivity contribution in [3.05, 3.63) is 48.6 Å². The summed E-state index contributed by atoms with van der Waals surface area (Å²) in [6.07, 6.45) is 1.56. The highest BCUT2D eigenvalue weighted by molar-refractivity contribution is 5.75. The zero-order valence-corrected chi connectivity index (χ0v) is 9.76. The Morgan fingerprint density at radius 2 is 1.88 bits per heavy atom. The Morgan fingerprint density at radius 1 is 1.38 bits per heavy atom. The van der Waals surface area contributed by atoms with Crippen molar-refractivity contribution in [1.82, 2.24) is 0 Å². The molecule has 16 heavy (non-hydrogen) atoms. The average molecular weight is 221 g/mol. The average Bonchev–Trinajstić information content (AvgIpc) is 2.33. The number of aliphatic carboxylic acids is 1. The van der Waals surface area contributed by atoms with Crippen LogP contribution in [-0.4, -0.2) is 17.1 Å². The third kappa shape index (κ3) is 3.87. The van der Waals surface area contributed by atoms with Crippen molar-refractivity contribution in [2.75, 3.05) is 0 Å². The summed E-state index contributed by atoms with van der Waals surface area (Å²) in [5, 5.41) is 8.77. The lowest BCUT2D eigenvalue weighted by Gasteiger charge is -2.16. The molecule has 88 valence electrons. The summed E-state index contributed by atoms with van der Waals surface area (Å²) in [4.78, 5) is 10.7. The van der Waals surface area contributed by atoms with Gasteiger partial charge in [0, 0.05) is 5.92 Å². The van der Waals surface area contributed by atoms with Gasteiger partial charge in [-0.05, 0) is 5.56 Å². The van der Waals surface area contributed by atoms with Gasteiger partial charge in [-0.25, -0.2) is 0 Å². The Bertz CT molecular complexity index is 322. The number of carbonyl (C=O) groups is 1. The largest absolute Gasteiger partial charge is 0.480 e. The lowest BCUT2D eigenvalue weighted by Crippen LogP contribution is -2.35. The number of benzene rings is 1. The van der Waals surface area contributed by atoms with Crippen LogP contribution in [0.2, 0.25) is 0 Å². The van der Waals surface area contributed by atoms with Crippen molar-refractivity contribution in [2.24, 2.45) is 5.73 Å². The molecule has 0 saturated carbocycles. The number of hydrogen-bond donors (Lipinski definition) is 2. The minimum absolute atomic E-state index is 0.339. The van der Waals surface area contributed by atoms with Crippen molar-refractivity contribution in [2.45, 2.75) is 25.8 Å². The van der Waals surface area contributed by atoms with Crippen LogP contribution in [0.5, 0.6) is 0 Å². The predicted octanol–water partition coefficient (Wildman–Crippen LogP) is 2.39. The molecule has 0 aliphatic heterocycles. The maximum absolute atomic E-state index is 10.7. The number of rotatable bonds is 4. The first kappa shape index (κ1) is 14.4. The van der Waals surface area contributed by atoms with Gasteiger partial charge in [-0.2, -0.15) is 0 Å². The Kier molecular flexibility index (Phi) is 6.88. The van der Waals surface area contributed by atoms with Crippen LogP contribution in [0.25, 0.3) is 0 Å². The van der Waals surface area contributed by atoms with E-state index in [-0.39, 0.29) is 5.92 Å². The van der Waals surface area contributed by atoms with Gasteiger partial charge in [-0.3, -0.25) is 4.79 Å². The first-order valence-corrected chi connectivity index (χ1v) is 5.32. The zero-order valence-electron chi connectivity index (χ0n) is 9.76. The highest BCUT2D eigenvalue weighted by Crippen LogP contribution is 2.19. The summed E-state index contributed by atoms with van der Waals surface area (Å²) >= 11 is 0. The minimum Gasteiger partial charge on any atom is -0.480 e. The summed E-state index contributed by atoms with van der Waals surface area (Å²) in [5.74, 6) is -1.35. The van der Waals surface area contributed by atoms with Gasteiger partial charge in [0.05, 0.1) is 0 Å². The third-order valence-electron chi connectivity index (χ3n) is 2.11. The van der Waals surface area contributed by atoms with Crippen LogP contribution in [0, 0.1) is 0 Å². The van der Waals surface area contributed by atoms with Gasteiger partial charge in [-0.1, -0.05) is 50.3 Å². The molecule has 0 amide bonds. The van der Waals surface area contributed by atoms with Crippen molar-refractivity contribution in [3.8, 4) is 0 Å². The fourth-order valence-corrected chi connectivity index (χ4v) is 1.32. The van der Waals surface area contributed by atoms with Gasteiger partial charge in [0.1, 0.15) is 6.04 Å². The number of nitrogens with two attached hydrogens (primary N) is 1. The van der Waals surface area contributed by atoms with Crippen LogP contribution in [0.4, 0.5) is 0 Å². The second-order valence-corrected chi connectivity index (χ2v) is 3.04. The number of hydrogen-bond acceptors (Lipinski definition) is 2. The third-order valence-corrected chi connectivity index (χ3v) is 2.11. The van der Waals surface area contributed by atoms with Gasteiger partial charge >= 0.3 is 5.97 Å². The fraction of sp³-hybridized carbons (Fsp3) is 0.308. The van der Waals surface area contributed by atoms with Crippen LogP contribution in [0.1, 0.15) is 25.3 Å². The first-order chi connectivity index (χ1) is 7.66. The molecule has 0 aromatic heterocycles. The topological polar surface area (TPSA) is 63.3 Å². The molecule has 3 N–H and O–H groups in total. The molecule has 2 atom stereocenters. The van der Waals surface area contributed by atoms with Crippen molar-refractivity contribution in [3.63, 3.8) is 0 Å². The molecule has 1 aromatic carbocycles. The Morgan fingerprint density at radius 3 is 2.25 bits per heavy atom. The van der Waals surface area contributed by atoms with Crippen molar-refractivity contribution >= 4 is 5.97 Å². The molecule has 0 heterocycles. The molecular weight excluding hydrogens is 202 g/mol. The van der Waals surface area contributed by atoms with E-state index in [0.717, 1.165) is 5.56 Å². The van der Waals surface area contributed by atoms with E-state index in [4.69, 9.17) is 10.8 Å². The Balaban J connectivity index is 0.00000106. The van der Waals surface area contributed by atoms with Gasteiger partial charge < -0.3 is 10.8 Å². The molecule has 0 fully saturated rings. The molecule has 0 saturated heterocycles. The summed E-state index contributed by atoms with van der Waals surface area (Å²) in [7, 11) is 0. The monoisotopic (exact) mass is 221 g/mol. The van der Waals surface area contributed by atoms with Gasteiger partial charge in [-0.15, -0.1) is 6.58 Å². The van der Waals surface area contributed by atoms with Crippen molar-refractivity contribution < 1.29 is 9.90 Å². The minimum atomic E-state index is -1.02. The number of carboxylic acid groups (broad SMARTS) is 1. The van der Waals surface area contributed by atoms with E-state index < -0.39 is 12.0 Å². The summed E-state index contributed by atoms with van der Waals surface area (Å²) in [6.45, 7) is 7.60. The second kappa shape index (κ2) is 7.65. The van der Waals surface area contributed by atoms with E-state index in [0.29, 0.717) is 0 Å². The van der Waals surface area contributed by atoms with Crippen LogP contribution in [0.15, 0.2) is 43.0 Å². The first-order valence-electron chi connectivity index (χ1n) is 5.32. The molecule has 0 unspecified atom stereocenters. The molecular formula is C13H19NO2. The summed E-state index contributed by atoms with van der Waals surface area (Å²) in [5.41, 5.74) is 6.41. The molecule has 0 bridgehead atoms. The smallest absolute Gasteiger partial charge is 0.321 e. The molecule has 0 spiro atoms. The van der Waals surface area contributed by atoms with E-state index >= 15 is 0 Å². The normalized spacial score (nSPS) is 12.9. The summed E-state index contributed by atoms with van der Waals surface area (Å²) in [6, 6.07) is 8.32. The highest BCUT2D eigenvalue weighted by atomic mass is 16.4. The van der Waals surface area contributed by atoms with Crippen LogP contribution in [0.3, 0.4) is 0 Å². The van der Waals surface area contributed by atoms with E-state index in [1.807, 2.05) is 44.2 Å². The van der Waals surface area contributed by atoms with Crippen LogP contribution < -0.4 is 5.73 Å². The number of carboxylic acids is 1. The fourth-order valence-electron chi connectivity index (χ4n) is 1.32. The lowest BCUT2D eigenvalue weighted by atomic mass is 9.92. The molecule has 3 heteroatoms. The standard InChI is InChI=1S/C11H13NO2.C2H6/c1-2-9(10(12)11(13)14)8-6-4-3-5-7-8;1-2/h2-7,9-10H,1,12H2,(H,13,14);1-2H3/t9-,10+;/m1./s1. The molecule has 1 aromatic rings. The predicted molar refractivity (Wildman–Crippen MR) is 66.3 cm³/mol. The van der Waals surface area contributed by atoms with Gasteiger partial charge in [0.25, 0.3) is 0 Å². The second-order valence-electron chi connectivity index (χ2n) is 3.04. The van der Waals surface area contributed by atoms with Gasteiger partial charge in [0.15, 0.2) is 0 Å². The Labute approximate surface area is 96.6 Å². The molecule has 1 rings (SSSR count). The van der Waals surface area contributed by atoms with E-state index in [1.165, 1.54) is 0 Å². The van der Waals surface area contributed by atoms with E-state index in [1.54, 1.807) is 6.08 Å². The maximum Gasteiger partial charge on any atom is 0.321 e. The maximum atomic E-state index is 10.7. The van der Waals surface area contributed by atoms with E-state index in [9.17, 15) is 4.79 Å².